The average Bonchev–Trinajstić information content (AvgIpc) is 2.49. The molecule has 0 aliphatic rings. The molecule has 0 radical (unpaired) electrons. The lowest BCUT2D eigenvalue weighted by Gasteiger charge is -2.22. The Hall–Kier alpha value is -2.43. The molecule has 0 saturated carbocycles. The quantitative estimate of drug-likeness (QED) is 0.845. The number of aromatic nitrogens is 2. The fourth-order valence-corrected chi connectivity index (χ4v) is 1.97. The van der Waals surface area contributed by atoms with Crippen LogP contribution in [-0.2, 0) is 6.54 Å². The summed E-state index contributed by atoms with van der Waals surface area (Å²) in [4.78, 5) is 14.2. The van der Waals surface area contributed by atoms with Gasteiger partial charge in [-0.25, -0.2) is 0 Å². The molecule has 1 aromatic heterocycles. The summed E-state index contributed by atoms with van der Waals surface area (Å²) < 4.78 is 0. The van der Waals surface area contributed by atoms with E-state index < -0.39 is 0 Å². The summed E-state index contributed by atoms with van der Waals surface area (Å²) in [6.45, 7) is 3.31. The molecular weight excluding hydrogens is 252 g/mol. The number of carbonyl (C=O) groups excluding carboxylic acids is 1. The minimum absolute atomic E-state index is 0.0291. The van der Waals surface area contributed by atoms with Crippen molar-refractivity contribution in [3.8, 4) is 0 Å². The Balaban J connectivity index is 2.14. The number of nitrogens with two attached hydrogens (primary N) is 1. The smallest absolute Gasteiger partial charge is 0.255 e. The van der Waals surface area contributed by atoms with Gasteiger partial charge in [0, 0.05) is 18.8 Å². The van der Waals surface area contributed by atoms with Crippen molar-refractivity contribution in [2.75, 3.05) is 12.3 Å². The molecule has 2 N–H and O–H groups in total. The highest BCUT2D eigenvalue weighted by atomic mass is 16.2. The molecule has 0 spiro atoms. The molecule has 2 aromatic rings. The van der Waals surface area contributed by atoms with Crippen molar-refractivity contribution in [3.63, 3.8) is 0 Å². The van der Waals surface area contributed by atoms with Crippen LogP contribution >= 0.6 is 0 Å². The van der Waals surface area contributed by atoms with E-state index in [2.05, 4.69) is 10.2 Å². The number of rotatable bonds is 5. The molecule has 0 atom stereocenters. The van der Waals surface area contributed by atoms with E-state index in [-0.39, 0.29) is 5.91 Å². The molecule has 104 valence electrons. The monoisotopic (exact) mass is 270 g/mol. The van der Waals surface area contributed by atoms with Gasteiger partial charge in [-0.2, -0.15) is 10.2 Å². The molecule has 2 rings (SSSR count). The van der Waals surface area contributed by atoms with Crippen LogP contribution in [0.15, 0.2) is 42.7 Å². The standard InChI is InChI=1S/C15H18N4O/c1-2-9-19(11-12-3-5-14(16)6-4-12)15(20)13-7-8-17-18-10-13/h3-8,10H,2,9,11,16H2,1H3. The Labute approximate surface area is 118 Å². The van der Waals surface area contributed by atoms with Crippen LogP contribution in [0, 0.1) is 0 Å². The summed E-state index contributed by atoms with van der Waals surface area (Å²) in [7, 11) is 0. The Morgan fingerprint density at radius 2 is 1.95 bits per heavy atom. The van der Waals surface area contributed by atoms with Crippen LogP contribution < -0.4 is 5.73 Å². The third-order valence-electron chi connectivity index (χ3n) is 2.97. The van der Waals surface area contributed by atoms with Crippen LogP contribution in [0.3, 0.4) is 0 Å². The van der Waals surface area contributed by atoms with Crippen molar-refractivity contribution >= 4 is 11.6 Å². The van der Waals surface area contributed by atoms with Crippen molar-refractivity contribution in [2.45, 2.75) is 19.9 Å². The Morgan fingerprint density at radius 1 is 1.20 bits per heavy atom. The van der Waals surface area contributed by atoms with E-state index in [0.717, 1.165) is 17.7 Å². The first kappa shape index (κ1) is 14.0. The van der Waals surface area contributed by atoms with Crippen LogP contribution in [0.25, 0.3) is 0 Å². The summed E-state index contributed by atoms with van der Waals surface area (Å²) in [5.41, 5.74) is 8.01. The molecule has 0 aliphatic carbocycles. The van der Waals surface area contributed by atoms with E-state index in [9.17, 15) is 4.79 Å². The van der Waals surface area contributed by atoms with Crippen LogP contribution in [0.1, 0.15) is 29.3 Å². The maximum absolute atomic E-state index is 12.4. The molecule has 5 heteroatoms. The topological polar surface area (TPSA) is 72.1 Å². The number of nitrogens with zero attached hydrogens (tertiary/aromatic N) is 3. The Kier molecular flexibility index (Phi) is 4.65. The van der Waals surface area contributed by atoms with Crippen molar-refractivity contribution in [1.82, 2.24) is 15.1 Å². The van der Waals surface area contributed by atoms with Crippen LogP contribution in [-0.4, -0.2) is 27.5 Å². The van der Waals surface area contributed by atoms with E-state index in [1.165, 1.54) is 12.4 Å². The summed E-state index contributed by atoms with van der Waals surface area (Å²) in [5, 5.41) is 7.45. The van der Waals surface area contributed by atoms with E-state index in [1.54, 1.807) is 6.07 Å². The van der Waals surface area contributed by atoms with Crippen molar-refractivity contribution < 1.29 is 4.79 Å². The third-order valence-corrected chi connectivity index (χ3v) is 2.97. The minimum Gasteiger partial charge on any atom is -0.399 e. The Bertz CT molecular complexity index is 554. The van der Waals surface area contributed by atoms with Crippen molar-refractivity contribution in [2.24, 2.45) is 0 Å². The lowest BCUT2D eigenvalue weighted by Crippen LogP contribution is -2.31. The minimum atomic E-state index is -0.0291. The highest BCUT2D eigenvalue weighted by Crippen LogP contribution is 2.11. The van der Waals surface area contributed by atoms with Crippen molar-refractivity contribution in [3.05, 3.63) is 53.9 Å². The van der Waals surface area contributed by atoms with Gasteiger partial charge < -0.3 is 10.6 Å². The molecule has 0 unspecified atom stereocenters. The largest absolute Gasteiger partial charge is 0.399 e. The SMILES string of the molecule is CCCN(Cc1ccc(N)cc1)C(=O)c1ccnnc1. The molecule has 0 fully saturated rings. The zero-order valence-electron chi connectivity index (χ0n) is 11.5. The lowest BCUT2D eigenvalue weighted by molar-refractivity contribution is 0.0742. The van der Waals surface area contributed by atoms with E-state index in [0.29, 0.717) is 18.7 Å². The summed E-state index contributed by atoms with van der Waals surface area (Å²) in [6, 6.07) is 9.25. The number of amides is 1. The van der Waals surface area contributed by atoms with E-state index in [1.807, 2.05) is 36.1 Å². The number of anilines is 1. The van der Waals surface area contributed by atoms with Crippen molar-refractivity contribution in [1.29, 1.82) is 0 Å². The molecule has 0 saturated heterocycles. The van der Waals surface area contributed by atoms with Crippen LogP contribution in [0.2, 0.25) is 0 Å². The van der Waals surface area contributed by atoms with Gasteiger partial charge in [-0.15, -0.1) is 0 Å². The fraction of sp³-hybridized carbons (Fsp3) is 0.267. The number of hydrogen-bond acceptors (Lipinski definition) is 4. The summed E-state index contributed by atoms with van der Waals surface area (Å²) in [6.07, 6.45) is 3.92. The van der Waals surface area contributed by atoms with Crippen LogP contribution in [0.4, 0.5) is 5.69 Å². The predicted molar refractivity (Wildman–Crippen MR) is 77.9 cm³/mol. The van der Waals surface area contributed by atoms with E-state index in [4.69, 9.17) is 5.73 Å². The van der Waals surface area contributed by atoms with Gasteiger partial charge in [-0.3, -0.25) is 4.79 Å². The summed E-state index contributed by atoms with van der Waals surface area (Å²) in [5.74, 6) is -0.0291. The average molecular weight is 270 g/mol. The van der Waals surface area contributed by atoms with Gasteiger partial charge in [-0.05, 0) is 30.2 Å². The molecule has 1 aromatic carbocycles. The number of carbonyl (C=O) groups is 1. The van der Waals surface area contributed by atoms with Gasteiger partial charge in [0.2, 0.25) is 0 Å². The highest BCUT2D eigenvalue weighted by molar-refractivity contribution is 5.93. The lowest BCUT2D eigenvalue weighted by atomic mass is 10.1. The maximum atomic E-state index is 12.4. The zero-order chi connectivity index (χ0) is 14.4. The molecule has 5 nitrogen and oxygen atoms in total. The van der Waals surface area contributed by atoms with Gasteiger partial charge in [0.1, 0.15) is 0 Å². The second-order valence-electron chi connectivity index (χ2n) is 4.60. The fourth-order valence-electron chi connectivity index (χ4n) is 1.97. The van der Waals surface area contributed by atoms with Gasteiger partial charge in [0.15, 0.2) is 0 Å². The molecular formula is C15H18N4O. The first-order chi connectivity index (χ1) is 9.70. The Morgan fingerprint density at radius 3 is 2.55 bits per heavy atom. The second kappa shape index (κ2) is 6.65. The maximum Gasteiger partial charge on any atom is 0.255 e. The highest BCUT2D eigenvalue weighted by Gasteiger charge is 2.15. The van der Waals surface area contributed by atoms with Gasteiger partial charge in [0.25, 0.3) is 5.91 Å². The number of nitrogen functional groups attached to an aromatic ring is 1. The molecule has 1 amide bonds. The predicted octanol–water partition coefficient (Wildman–Crippen LogP) is 2.11. The molecule has 0 aliphatic heterocycles. The third kappa shape index (κ3) is 3.54. The molecule has 1 heterocycles. The molecule has 0 bridgehead atoms. The van der Waals surface area contributed by atoms with Gasteiger partial charge in [0.05, 0.1) is 18.0 Å². The zero-order valence-corrected chi connectivity index (χ0v) is 11.5. The number of hydrogen-bond donors (Lipinski definition) is 1. The summed E-state index contributed by atoms with van der Waals surface area (Å²) >= 11 is 0. The number of benzene rings is 1. The second-order valence-corrected chi connectivity index (χ2v) is 4.60. The normalized spacial score (nSPS) is 10.2. The first-order valence-corrected chi connectivity index (χ1v) is 6.61. The van der Waals surface area contributed by atoms with Crippen LogP contribution in [0.5, 0.6) is 0 Å². The molecule has 20 heavy (non-hydrogen) atoms. The van der Waals surface area contributed by atoms with Gasteiger partial charge >= 0.3 is 0 Å². The first-order valence-electron chi connectivity index (χ1n) is 6.61. The van der Waals surface area contributed by atoms with Gasteiger partial charge in [-0.1, -0.05) is 19.1 Å². The van der Waals surface area contributed by atoms with E-state index >= 15 is 0 Å².